The number of aromatic nitrogens is 1. The first kappa shape index (κ1) is 19.9. The Morgan fingerprint density at radius 1 is 0.833 bits per heavy atom. The molecule has 0 radical (unpaired) electrons. The molecule has 1 saturated carbocycles. The molecule has 1 fully saturated rings. The molecular weight excluding hydrogens is 380 g/mol. The number of pyridine rings is 1. The van der Waals surface area contributed by atoms with E-state index in [-0.39, 0.29) is 0 Å². The van der Waals surface area contributed by atoms with Crippen LogP contribution in [0.15, 0.2) is 42.0 Å². The highest BCUT2D eigenvalue weighted by Gasteiger charge is 2.22. The van der Waals surface area contributed by atoms with Crippen LogP contribution < -0.4 is 24.7 Å². The van der Waals surface area contributed by atoms with Gasteiger partial charge in [0.15, 0.2) is 11.5 Å². The van der Waals surface area contributed by atoms with E-state index in [1.807, 2.05) is 36.4 Å². The minimum absolute atomic E-state index is 0.577. The molecule has 2 N–H and O–H groups in total. The van der Waals surface area contributed by atoms with Crippen molar-refractivity contribution in [1.82, 2.24) is 4.98 Å². The number of hydrogen-bond donors (Lipinski definition) is 1. The third-order valence-electron chi connectivity index (χ3n) is 5.61. The van der Waals surface area contributed by atoms with Gasteiger partial charge in [-0.25, -0.2) is 4.98 Å². The van der Waals surface area contributed by atoms with Gasteiger partial charge in [0.05, 0.1) is 45.3 Å². The van der Waals surface area contributed by atoms with Crippen molar-refractivity contribution in [2.75, 3.05) is 34.2 Å². The van der Waals surface area contributed by atoms with E-state index in [0.29, 0.717) is 28.7 Å². The number of rotatable bonds is 6. The van der Waals surface area contributed by atoms with Crippen molar-refractivity contribution in [2.24, 2.45) is 0 Å². The van der Waals surface area contributed by atoms with Crippen molar-refractivity contribution < 1.29 is 18.9 Å². The SMILES string of the molecule is COc1cc(C(=C2CCC2)c2ccc3c(N)c(OC)ccc3n2)cc(OC)c1OC. The van der Waals surface area contributed by atoms with E-state index in [4.69, 9.17) is 29.7 Å². The van der Waals surface area contributed by atoms with Gasteiger partial charge < -0.3 is 24.7 Å². The van der Waals surface area contributed by atoms with E-state index < -0.39 is 0 Å². The van der Waals surface area contributed by atoms with Crippen LogP contribution in [0.1, 0.15) is 30.5 Å². The molecule has 1 aliphatic rings. The van der Waals surface area contributed by atoms with Crippen molar-refractivity contribution in [2.45, 2.75) is 19.3 Å². The fourth-order valence-electron chi connectivity index (χ4n) is 3.89. The lowest BCUT2D eigenvalue weighted by molar-refractivity contribution is 0.324. The molecule has 0 atom stereocenters. The Labute approximate surface area is 176 Å². The second kappa shape index (κ2) is 8.14. The van der Waals surface area contributed by atoms with Crippen LogP contribution in [0.25, 0.3) is 16.5 Å². The Bertz CT molecular complexity index is 1110. The highest BCUT2D eigenvalue weighted by Crippen LogP contribution is 2.44. The van der Waals surface area contributed by atoms with Crippen LogP contribution in [0.4, 0.5) is 5.69 Å². The number of nitrogens with two attached hydrogens (primary N) is 1. The summed E-state index contributed by atoms with van der Waals surface area (Å²) in [6.07, 6.45) is 3.29. The largest absolute Gasteiger partial charge is 0.495 e. The molecule has 0 spiro atoms. The lowest BCUT2D eigenvalue weighted by Gasteiger charge is -2.24. The van der Waals surface area contributed by atoms with Crippen LogP contribution in [0.5, 0.6) is 23.0 Å². The molecule has 4 rings (SSSR count). The lowest BCUT2D eigenvalue weighted by atomic mass is 9.83. The first-order valence-corrected chi connectivity index (χ1v) is 9.87. The third-order valence-corrected chi connectivity index (χ3v) is 5.61. The van der Waals surface area contributed by atoms with Gasteiger partial charge >= 0.3 is 0 Å². The molecular formula is C24H26N2O4. The van der Waals surface area contributed by atoms with Crippen LogP contribution in [-0.2, 0) is 0 Å². The highest BCUT2D eigenvalue weighted by atomic mass is 16.5. The monoisotopic (exact) mass is 406 g/mol. The summed E-state index contributed by atoms with van der Waals surface area (Å²) < 4.78 is 22.0. The zero-order valence-electron chi connectivity index (χ0n) is 17.7. The third kappa shape index (κ3) is 3.28. The molecule has 30 heavy (non-hydrogen) atoms. The van der Waals surface area contributed by atoms with Crippen molar-refractivity contribution in [3.05, 3.63) is 53.2 Å². The summed E-state index contributed by atoms with van der Waals surface area (Å²) >= 11 is 0. The molecule has 0 unspecified atom stereocenters. The van der Waals surface area contributed by atoms with Gasteiger partial charge in [-0.1, -0.05) is 5.57 Å². The van der Waals surface area contributed by atoms with Gasteiger partial charge in [-0.3, -0.25) is 0 Å². The molecule has 0 amide bonds. The number of allylic oxidation sites excluding steroid dienone is 1. The zero-order valence-corrected chi connectivity index (χ0v) is 17.7. The van der Waals surface area contributed by atoms with E-state index in [0.717, 1.165) is 40.6 Å². The Morgan fingerprint density at radius 2 is 1.50 bits per heavy atom. The van der Waals surface area contributed by atoms with Gasteiger partial charge in [-0.05, 0) is 61.2 Å². The number of hydrogen-bond acceptors (Lipinski definition) is 6. The molecule has 6 nitrogen and oxygen atoms in total. The Morgan fingerprint density at radius 3 is 2.03 bits per heavy atom. The summed E-state index contributed by atoms with van der Waals surface area (Å²) in [5.41, 5.74) is 12.0. The van der Waals surface area contributed by atoms with E-state index in [1.165, 1.54) is 12.0 Å². The van der Waals surface area contributed by atoms with E-state index in [2.05, 4.69) is 0 Å². The Kier molecular flexibility index (Phi) is 5.40. The Balaban J connectivity index is 1.90. The van der Waals surface area contributed by atoms with Gasteiger partial charge in [0, 0.05) is 11.0 Å². The minimum Gasteiger partial charge on any atom is -0.495 e. The van der Waals surface area contributed by atoms with E-state index >= 15 is 0 Å². The maximum absolute atomic E-state index is 6.25. The highest BCUT2D eigenvalue weighted by molar-refractivity contribution is 5.95. The summed E-state index contributed by atoms with van der Waals surface area (Å²) in [6.45, 7) is 0. The fourth-order valence-corrected chi connectivity index (χ4v) is 3.89. The topological polar surface area (TPSA) is 75.8 Å². The first-order valence-electron chi connectivity index (χ1n) is 9.87. The quantitative estimate of drug-likeness (QED) is 0.591. The summed E-state index contributed by atoms with van der Waals surface area (Å²) in [4.78, 5) is 4.94. The predicted molar refractivity (Wildman–Crippen MR) is 119 cm³/mol. The molecule has 3 aromatic rings. The minimum atomic E-state index is 0.577. The van der Waals surface area contributed by atoms with E-state index in [9.17, 15) is 0 Å². The standard InChI is InChI=1S/C24H26N2O4/c1-27-19-11-10-17-16(23(19)25)8-9-18(26-17)22(14-6-5-7-14)15-12-20(28-2)24(30-4)21(13-15)29-3/h8-13H,5-7,25H2,1-4H3. The fraction of sp³-hybridized carbons (Fsp3) is 0.292. The average Bonchev–Trinajstić information content (AvgIpc) is 2.75. The van der Waals surface area contributed by atoms with Crippen molar-refractivity contribution in [3.8, 4) is 23.0 Å². The van der Waals surface area contributed by atoms with Gasteiger partial charge in [0.1, 0.15) is 5.75 Å². The summed E-state index contributed by atoms with van der Waals surface area (Å²) in [5.74, 6) is 2.48. The second-order valence-corrected chi connectivity index (χ2v) is 7.19. The van der Waals surface area contributed by atoms with Crippen LogP contribution >= 0.6 is 0 Å². The number of benzene rings is 2. The van der Waals surface area contributed by atoms with Crippen LogP contribution in [0, 0.1) is 0 Å². The van der Waals surface area contributed by atoms with E-state index in [1.54, 1.807) is 28.4 Å². The lowest BCUT2D eigenvalue weighted by Crippen LogP contribution is -2.06. The van der Waals surface area contributed by atoms with Gasteiger partial charge in [0.2, 0.25) is 5.75 Å². The summed E-state index contributed by atoms with van der Waals surface area (Å²) in [6, 6.07) is 11.8. The predicted octanol–water partition coefficient (Wildman–Crippen LogP) is 4.84. The number of nitrogen functional groups attached to an aromatic ring is 1. The molecule has 0 aliphatic heterocycles. The zero-order chi connectivity index (χ0) is 21.3. The summed E-state index contributed by atoms with van der Waals surface area (Å²) in [7, 11) is 6.47. The first-order chi connectivity index (χ1) is 14.6. The number of anilines is 1. The average molecular weight is 406 g/mol. The molecule has 156 valence electrons. The number of fused-ring (bicyclic) bond motifs is 1. The molecule has 1 aliphatic carbocycles. The smallest absolute Gasteiger partial charge is 0.203 e. The van der Waals surface area contributed by atoms with Crippen molar-refractivity contribution in [3.63, 3.8) is 0 Å². The second-order valence-electron chi connectivity index (χ2n) is 7.19. The van der Waals surface area contributed by atoms with Crippen LogP contribution in [0.3, 0.4) is 0 Å². The molecule has 1 heterocycles. The Hall–Kier alpha value is -3.41. The van der Waals surface area contributed by atoms with Gasteiger partial charge in [0.25, 0.3) is 0 Å². The molecule has 0 bridgehead atoms. The van der Waals surface area contributed by atoms with Crippen molar-refractivity contribution >= 4 is 22.2 Å². The number of methoxy groups -OCH3 is 4. The van der Waals surface area contributed by atoms with Crippen LogP contribution in [-0.4, -0.2) is 33.4 Å². The van der Waals surface area contributed by atoms with Crippen LogP contribution in [0.2, 0.25) is 0 Å². The van der Waals surface area contributed by atoms with Gasteiger partial charge in [-0.2, -0.15) is 0 Å². The molecule has 6 heteroatoms. The maximum atomic E-state index is 6.25. The van der Waals surface area contributed by atoms with Crippen molar-refractivity contribution in [1.29, 1.82) is 0 Å². The molecule has 1 aromatic heterocycles. The van der Waals surface area contributed by atoms with Gasteiger partial charge in [-0.15, -0.1) is 0 Å². The molecule has 0 saturated heterocycles. The number of ether oxygens (including phenoxy) is 4. The maximum Gasteiger partial charge on any atom is 0.203 e. The summed E-state index contributed by atoms with van der Waals surface area (Å²) in [5, 5.41) is 0.876. The number of nitrogens with zero attached hydrogens (tertiary/aromatic N) is 1. The normalized spacial score (nSPS) is 13.0. The molecule has 2 aromatic carbocycles.